The summed E-state index contributed by atoms with van der Waals surface area (Å²) in [5.74, 6) is -2.10. The van der Waals surface area contributed by atoms with E-state index in [0.717, 1.165) is 6.07 Å². The lowest BCUT2D eigenvalue weighted by molar-refractivity contribution is -0.275. The Labute approximate surface area is 106 Å². The van der Waals surface area contributed by atoms with E-state index in [0.29, 0.717) is 0 Å². The summed E-state index contributed by atoms with van der Waals surface area (Å²) < 4.78 is 39.2. The first kappa shape index (κ1) is 13.8. The summed E-state index contributed by atoms with van der Waals surface area (Å²) >= 11 is 1.46. The number of aromatic nitrogens is 1. The molecule has 5 nitrogen and oxygen atoms in total. The van der Waals surface area contributed by atoms with Gasteiger partial charge in [0.15, 0.2) is 0 Å². The van der Waals surface area contributed by atoms with Crippen molar-refractivity contribution in [3.8, 4) is 5.75 Å². The number of rotatable bonds is 3. The number of hydrogen-bond acceptors (Lipinski definition) is 3. The lowest BCUT2D eigenvalue weighted by Crippen LogP contribution is -2.24. The molecule has 0 aliphatic heterocycles. The van der Waals surface area contributed by atoms with Crippen molar-refractivity contribution in [3.05, 3.63) is 25.7 Å². The van der Waals surface area contributed by atoms with Crippen LogP contribution in [0.25, 0.3) is 0 Å². The van der Waals surface area contributed by atoms with Crippen LogP contribution in [0.2, 0.25) is 0 Å². The normalized spacial score (nSPS) is 11.3. The van der Waals surface area contributed by atoms with Gasteiger partial charge in [0.05, 0.1) is 9.99 Å². The second-order valence-corrected chi connectivity index (χ2v) is 4.08. The van der Waals surface area contributed by atoms with Crippen molar-refractivity contribution >= 4 is 28.6 Å². The van der Waals surface area contributed by atoms with Gasteiger partial charge in [0.2, 0.25) is 5.75 Å². The third-order valence-electron chi connectivity index (χ3n) is 1.56. The molecule has 0 atom stereocenters. The smallest absolute Gasteiger partial charge is 0.481 e. The van der Waals surface area contributed by atoms with Gasteiger partial charge >= 0.3 is 12.3 Å². The van der Waals surface area contributed by atoms with E-state index >= 15 is 0 Å². The number of alkyl halides is 3. The van der Waals surface area contributed by atoms with Gasteiger partial charge in [-0.2, -0.15) is 0 Å². The maximum atomic E-state index is 11.9. The van der Waals surface area contributed by atoms with Gasteiger partial charge in [-0.15, -0.1) is 13.2 Å². The van der Waals surface area contributed by atoms with Crippen LogP contribution in [0, 0.1) is 3.57 Å². The summed E-state index contributed by atoms with van der Waals surface area (Å²) in [6.45, 7) is 0. The zero-order valence-electron chi connectivity index (χ0n) is 7.97. The number of hydrogen-bond donors (Lipinski definition) is 2. The highest BCUT2D eigenvalue weighted by Crippen LogP contribution is 2.24. The second kappa shape index (κ2) is 4.94. The number of ether oxygens (including phenoxy) is 1. The Hall–Kier alpha value is -1.26. The van der Waals surface area contributed by atoms with E-state index in [1.54, 1.807) is 0 Å². The minimum absolute atomic E-state index is 0.00132. The highest BCUT2D eigenvalue weighted by Gasteiger charge is 2.33. The average molecular weight is 363 g/mol. The van der Waals surface area contributed by atoms with Crippen LogP contribution >= 0.6 is 22.6 Å². The molecule has 0 saturated carbocycles. The van der Waals surface area contributed by atoms with Crippen molar-refractivity contribution in [3.63, 3.8) is 0 Å². The molecule has 0 aliphatic carbocycles. The van der Waals surface area contributed by atoms with E-state index in [1.165, 1.54) is 22.6 Å². The van der Waals surface area contributed by atoms with E-state index in [1.807, 2.05) is 4.98 Å². The average Bonchev–Trinajstić information content (AvgIpc) is 2.08. The van der Waals surface area contributed by atoms with E-state index in [2.05, 4.69) is 4.74 Å². The SMILES string of the molecule is O=C(O)Cc1cc(I)c(OC(F)(F)F)c(=O)[nH]1. The molecule has 1 aromatic heterocycles. The van der Waals surface area contributed by atoms with Gasteiger partial charge in [0, 0.05) is 5.69 Å². The molecule has 94 valence electrons. The monoisotopic (exact) mass is 363 g/mol. The molecule has 0 fully saturated rings. The first-order valence-corrected chi connectivity index (χ1v) is 5.16. The molecule has 2 N–H and O–H groups in total. The number of carboxylic acids is 1. The summed E-state index contributed by atoms with van der Waals surface area (Å²) in [5, 5.41) is 8.47. The van der Waals surface area contributed by atoms with E-state index < -0.39 is 30.1 Å². The highest BCUT2D eigenvalue weighted by molar-refractivity contribution is 14.1. The number of carbonyl (C=O) groups is 1. The van der Waals surface area contributed by atoms with Crippen LogP contribution in [-0.2, 0) is 11.2 Å². The Bertz CT molecular complexity index is 497. The Balaban J connectivity index is 3.11. The summed E-state index contributed by atoms with van der Waals surface area (Å²) in [7, 11) is 0. The standard InChI is InChI=1S/C8H5F3INO4/c9-8(10,11)17-6-4(12)1-3(2-5(14)15)13-7(6)16/h1H,2H2,(H,13,16)(H,14,15). The Morgan fingerprint density at radius 1 is 1.53 bits per heavy atom. The molecule has 1 rings (SSSR count). The first-order chi connectivity index (χ1) is 7.69. The summed E-state index contributed by atoms with van der Waals surface area (Å²) in [6.07, 6.45) is -5.46. The van der Waals surface area contributed by atoms with Crippen molar-refractivity contribution in [1.82, 2.24) is 4.98 Å². The van der Waals surface area contributed by atoms with Crippen molar-refractivity contribution in [1.29, 1.82) is 0 Å². The van der Waals surface area contributed by atoms with Gasteiger partial charge < -0.3 is 14.8 Å². The van der Waals surface area contributed by atoms with Crippen molar-refractivity contribution in [2.24, 2.45) is 0 Å². The summed E-state index contributed by atoms with van der Waals surface area (Å²) in [6, 6.07) is 1.11. The van der Waals surface area contributed by atoms with Gasteiger partial charge in [0.25, 0.3) is 5.56 Å². The van der Waals surface area contributed by atoms with Gasteiger partial charge in [-0.05, 0) is 28.7 Å². The topological polar surface area (TPSA) is 79.4 Å². The predicted octanol–water partition coefficient (Wildman–Crippen LogP) is 1.51. The molecule has 0 radical (unpaired) electrons. The van der Waals surface area contributed by atoms with Crippen LogP contribution in [0.4, 0.5) is 13.2 Å². The molecule has 0 unspecified atom stereocenters. The lowest BCUT2D eigenvalue weighted by Gasteiger charge is -2.10. The lowest BCUT2D eigenvalue weighted by atomic mass is 10.3. The summed E-state index contributed by atoms with van der Waals surface area (Å²) in [5.41, 5.74) is -1.12. The maximum absolute atomic E-state index is 11.9. The molecule has 9 heteroatoms. The molecule has 0 amide bonds. The van der Waals surface area contributed by atoms with Crippen molar-refractivity contribution in [2.75, 3.05) is 0 Å². The second-order valence-electron chi connectivity index (χ2n) is 2.92. The van der Waals surface area contributed by atoms with Crippen LogP contribution in [-0.4, -0.2) is 22.4 Å². The molecule has 1 aromatic rings. The van der Waals surface area contributed by atoms with Gasteiger partial charge in [-0.3, -0.25) is 9.59 Å². The van der Waals surface area contributed by atoms with Gasteiger partial charge in [0.1, 0.15) is 0 Å². The fraction of sp³-hybridized carbons (Fsp3) is 0.250. The molecule has 0 saturated heterocycles. The Morgan fingerprint density at radius 2 is 2.12 bits per heavy atom. The third kappa shape index (κ3) is 4.24. The quantitative estimate of drug-likeness (QED) is 0.798. The zero-order chi connectivity index (χ0) is 13.2. The first-order valence-electron chi connectivity index (χ1n) is 4.08. The van der Waals surface area contributed by atoms with E-state index in [9.17, 15) is 22.8 Å². The maximum Gasteiger partial charge on any atom is 0.573 e. The van der Waals surface area contributed by atoms with Crippen LogP contribution in [0.1, 0.15) is 5.69 Å². The van der Waals surface area contributed by atoms with E-state index in [-0.39, 0.29) is 9.26 Å². The van der Waals surface area contributed by atoms with Crippen LogP contribution in [0.5, 0.6) is 5.75 Å². The molecule has 1 heterocycles. The largest absolute Gasteiger partial charge is 0.573 e. The minimum atomic E-state index is -4.97. The molecule has 0 aromatic carbocycles. The predicted molar refractivity (Wildman–Crippen MR) is 57.8 cm³/mol. The number of halogens is 4. The minimum Gasteiger partial charge on any atom is -0.481 e. The van der Waals surface area contributed by atoms with Crippen LogP contribution in [0.15, 0.2) is 10.9 Å². The molecular weight excluding hydrogens is 358 g/mol. The third-order valence-corrected chi connectivity index (χ3v) is 2.36. The molecule has 17 heavy (non-hydrogen) atoms. The Morgan fingerprint density at radius 3 is 2.53 bits per heavy atom. The van der Waals surface area contributed by atoms with Crippen molar-refractivity contribution < 1.29 is 27.8 Å². The number of aromatic amines is 1. The number of aliphatic carboxylic acids is 1. The highest BCUT2D eigenvalue weighted by atomic mass is 127. The fourth-order valence-electron chi connectivity index (χ4n) is 1.03. The molecular formula is C8H5F3INO4. The molecule has 0 bridgehead atoms. The summed E-state index contributed by atoms with van der Waals surface area (Å²) in [4.78, 5) is 23.6. The number of pyridine rings is 1. The van der Waals surface area contributed by atoms with E-state index in [4.69, 9.17) is 5.11 Å². The van der Waals surface area contributed by atoms with Gasteiger partial charge in [-0.25, -0.2) is 0 Å². The number of nitrogens with one attached hydrogen (secondary N) is 1. The number of carboxylic acid groups (broad SMARTS) is 1. The number of H-pyrrole nitrogens is 1. The van der Waals surface area contributed by atoms with Crippen molar-refractivity contribution in [2.45, 2.75) is 12.8 Å². The Kier molecular flexibility index (Phi) is 4.01. The zero-order valence-corrected chi connectivity index (χ0v) is 10.1. The van der Waals surface area contributed by atoms with Crippen LogP contribution in [0.3, 0.4) is 0 Å². The molecule has 0 aliphatic rings. The molecule has 0 spiro atoms. The van der Waals surface area contributed by atoms with Gasteiger partial charge in [-0.1, -0.05) is 0 Å². The van der Waals surface area contributed by atoms with Crippen LogP contribution < -0.4 is 10.3 Å². The fourth-order valence-corrected chi connectivity index (χ4v) is 1.77.